The molecule has 3 aromatic rings. The van der Waals surface area contributed by atoms with Crippen molar-refractivity contribution in [3.05, 3.63) is 30.4 Å². The molecule has 0 bridgehead atoms. The molecule has 12 heteroatoms. The summed E-state index contributed by atoms with van der Waals surface area (Å²) in [5, 5.41) is 10.4. The molecule has 0 spiro atoms. The molecule has 1 N–H and O–H groups in total. The molecule has 0 aromatic carbocycles. The van der Waals surface area contributed by atoms with Crippen molar-refractivity contribution < 1.29 is 27.4 Å². The number of nitrogens with zero attached hydrogens (tertiary/aromatic N) is 5. The summed E-state index contributed by atoms with van der Waals surface area (Å²) in [5.41, 5.74) is 0.618. The van der Waals surface area contributed by atoms with Gasteiger partial charge in [-0.15, -0.1) is 13.2 Å². The topological polar surface area (TPSA) is 95.6 Å². The van der Waals surface area contributed by atoms with Gasteiger partial charge in [-0.25, -0.2) is 14.3 Å². The number of carbonyl (C=O) groups excluding carboxylic acids is 1. The predicted molar refractivity (Wildman–Crippen MR) is 112 cm³/mol. The Hall–Kier alpha value is -3.31. The molecule has 9 nitrogen and oxygen atoms in total. The molecule has 1 aliphatic carbocycles. The lowest BCUT2D eigenvalue weighted by Gasteiger charge is -2.44. The first kappa shape index (κ1) is 22.9. The number of halogens is 3. The Morgan fingerprint density at radius 2 is 1.88 bits per heavy atom. The molecule has 0 unspecified atom stereocenters. The average Bonchev–Trinajstić information content (AvgIpc) is 3.26. The Labute approximate surface area is 187 Å². The number of nitrogens with one attached hydrogen (secondary N) is 1. The number of hydrogen-bond acceptors (Lipinski definition) is 6. The van der Waals surface area contributed by atoms with Gasteiger partial charge in [0.05, 0.1) is 24.3 Å². The molecule has 0 aliphatic heterocycles. The van der Waals surface area contributed by atoms with Crippen molar-refractivity contribution in [1.29, 1.82) is 0 Å². The van der Waals surface area contributed by atoms with E-state index < -0.39 is 23.6 Å². The van der Waals surface area contributed by atoms with Crippen LogP contribution in [0.5, 0.6) is 5.88 Å². The third-order valence-electron chi connectivity index (χ3n) is 5.21. The van der Waals surface area contributed by atoms with Gasteiger partial charge in [0.25, 0.3) is 0 Å². The predicted octanol–water partition coefficient (Wildman–Crippen LogP) is 4.20. The Balaban J connectivity index is 1.55. The summed E-state index contributed by atoms with van der Waals surface area (Å²) in [6.07, 6.45) is 1.02. The SMILES string of the molecule is Cc1cnn2cc(-c3cnn(C(F)(F)F)c3)nc(O[C@]3(C)C[C@H](NC(=O)OC(C)(C)C)C3)c12. The summed E-state index contributed by atoms with van der Waals surface area (Å²) in [4.78, 5) is 16.5. The van der Waals surface area contributed by atoms with E-state index in [4.69, 9.17) is 9.47 Å². The molecule has 4 rings (SSSR count). The minimum atomic E-state index is -4.63. The van der Waals surface area contributed by atoms with E-state index in [1.54, 1.807) is 27.0 Å². The standard InChI is InChI=1S/C21H25F3N6O3/c1-12-8-25-29-11-15(13-9-26-30(10-13)21(22,23)24)28-17(16(12)29)32-20(5)6-14(7-20)27-18(31)33-19(2,3)4/h8-11,14H,6-7H2,1-5H3,(H,27,31)/t14-,20+. The maximum absolute atomic E-state index is 12.9. The summed E-state index contributed by atoms with van der Waals surface area (Å²) in [6, 6.07) is -0.125. The minimum absolute atomic E-state index is 0.0801. The number of ether oxygens (including phenoxy) is 2. The number of carbonyl (C=O) groups is 1. The second-order valence-corrected chi connectivity index (χ2v) is 9.50. The summed E-state index contributed by atoms with van der Waals surface area (Å²) in [6.45, 7) is 9.09. The van der Waals surface area contributed by atoms with Crippen molar-refractivity contribution in [2.45, 2.75) is 71.0 Å². The first-order chi connectivity index (χ1) is 15.2. The van der Waals surface area contributed by atoms with Gasteiger partial charge in [-0.3, -0.25) is 0 Å². The zero-order chi connectivity index (χ0) is 24.2. The van der Waals surface area contributed by atoms with E-state index in [0.717, 1.165) is 18.0 Å². The highest BCUT2D eigenvalue weighted by molar-refractivity contribution is 5.69. The number of alkyl carbamates (subject to hydrolysis) is 1. The van der Waals surface area contributed by atoms with Crippen molar-refractivity contribution in [3.63, 3.8) is 0 Å². The van der Waals surface area contributed by atoms with Gasteiger partial charge < -0.3 is 14.8 Å². The van der Waals surface area contributed by atoms with Gasteiger partial charge in [0.15, 0.2) is 0 Å². The number of aromatic nitrogens is 5. The number of fused-ring (bicyclic) bond motifs is 1. The second-order valence-electron chi connectivity index (χ2n) is 9.50. The van der Waals surface area contributed by atoms with Crippen molar-refractivity contribution in [1.82, 2.24) is 29.7 Å². The summed E-state index contributed by atoms with van der Waals surface area (Å²) in [7, 11) is 0. The first-order valence-corrected chi connectivity index (χ1v) is 10.4. The molecule has 1 aliphatic rings. The molecular weight excluding hydrogens is 441 g/mol. The van der Waals surface area contributed by atoms with Crippen LogP contribution in [0.2, 0.25) is 0 Å². The molecular formula is C21H25F3N6O3. The molecule has 1 amide bonds. The van der Waals surface area contributed by atoms with Gasteiger partial charge in [-0.2, -0.15) is 14.9 Å². The van der Waals surface area contributed by atoms with Gasteiger partial charge >= 0.3 is 12.4 Å². The summed E-state index contributed by atoms with van der Waals surface area (Å²) >= 11 is 0. The van der Waals surface area contributed by atoms with E-state index in [9.17, 15) is 18.0 Å². The molecule has 178 valence electrons. The molecule has 33 heavy (non-hydrogen) atoms. The van der Waals surface area contributed by atoms with Crippen LogP contribution in [0.3, 0.4) is 0 Å². The third kappa shape index (κ3) is 4.88. The zero-order valence-electron chi connectivity index (χ0n) is 18.9. The van der Waals surface area contributed by atoms with Crippen molar-refractivity contribution >= 4 is 11.6 Å². The van der Waals surface area contributed by atoms with Gasteiger partial charge in [0.1, 0.15) is 16.7 Å². The molecule has 1 fully saturated rings. The zero-order valence-corrected chi connectivity index (χ0v) is 18.9. The smallest absolute Gasteiger partial charge is 0.470 e. The molecule has 1 saturated carbocycles. The van der Waals surface area contributed by atoms with Gasteiger partial charge in [0.2, 0.25) is 5.88 Å². The number of hydrogen-bond donors (Lipinski definition) is 1. The summed E-state index contributed by atoms with van der Waals surface area (Å²) < 4.78 is 51.8. The van der Waals surface area contributed by atoms with Crippen LogP contribution < -0.4 is 10.1 Å². The van der Waals surface area contributed by atoms with Gasteiger partial charge in [-0.05, 0) is 34.6 Å². The maximum Gasteiger partial charge on any atom is 0.504 e. The Morgan fingerprint density at radius 3 is 2.48 bits per heavy atom. The molecule has 0 atom stereocenters. The maximum atomic E-state index is 12.9. The van der Waals surface area contributed by atoms with E-state index in [-0.39, 0.29) is 27.9 Å². The molecule has 3 aromatic heterocycles. The van der Waals surface area contributed by atoms with Crippen LogP contribution in [-0.4, -0.2) is 47.7 Å². The fourth-order valence-electron chi connectivity index (χ4n) is 3.80. The average molecular weight is 466 g/mol. The summed E-state index contributed by atoms with van der Waals surface area (Å²) in [5.74, 6) is 0.250. The van der Waals surface area contributed by atoms with E-state index in [0.29, 0.717) is 18.4 Å². The monoisotopic (exact) mass is 466 g/mol. The highest BCUT2D eigenvalue weighted by Crippen LogP contribution is 2.38. The van der Waals surface area contributed by atoms with Crippen LogP contribution in [0.15, 0.2) is 24.8 Å². The van der Waals surface area contributed by atoms with Crippen LogP contribution >= 0.6 is 0 Å². The van der Waals surface area contributed by atoms with E-state index in [1.165, 1.54) is 10.7 Å². The number of amides is 1. The lowest BCUT2D eigenvalue weighted by molar-refractivity contribution is -0.212. The Bertz CT molecular complexity index is 1190. The number of rotatable bonds is 4. The number of aryl methyl sites for hydroxylation is 1. The Kier molecular flexibility index (Phi) is 5.29. The first-order valence-electron chi connectivity index (χ1n) is 10.4. The van der Waals surface area contributed by atoms with Gasteiger partial charge in [-0.1, -0.05) is 0 Å². The molecule has 3 heterocycles. The normalized spacial score (nSPS) is 21.0. The highest BCUT2D eigenvalue weighted by atomic mass is 19.4. The van der Waals surface area contributed by atoms with Crippen LogP contribution in [0.25, 0.3) is 16.8 Å². The van der Waals surface area contributed by atoms with Crippen LogP contribution in [0.4, 0.5) is 18.0 Å². The van der Waals surface area contributed by atoms with Gasteiger partial charge in [0, 0.05) is 36.2 Å². The third-order valence-corrected chi connectivity index (χ3v) is 5.21. The largest absolute Gasteiger partial charge is 0.504 e. The fourth-order valence-corrected chi connectivity index (χ4v) is 3.80. The lowest BCUT2D eigenvalue weighted by atomic mass is 9.77. The van der Waals surface area contributed by atoms with Crippen molar-refractivity contribution in [2.75, 3.05) is 0 Å². The second kappa shape index (κ2) is 7.63. The highest BCUT2D eigenvalue weighted by Gasteiger charge is 2.44. The number of alkyl halides is 3. The molecule has 0 saturated heterocycles. The fraction of sp³-hybridized carbons (Fsp3) is 0.524. The lowest BCUT2D eigenvalue weighted by Crippen LogP contribution is -2.57. The Morgan fingerprint density at radius 1 is 1.18 bits per heavy atom. The van der Waals surface area contributed by atoms with E-state index in [1.807, 2.05) is 13.8 Å². The van der Waals surface area contributed by atoms with E-state index >= 15 is 0 Å². The van der Waals surface area contributed by atoms with Crippen molar-refractivity contribution in [2.24, 2.45) is 0 Å². The van der Waals surface area contributed by atoms with Crippen LogP contribution in [0.1, 0.15) is 46.1 Å². The molecule has 0 radical (unpaired) electrons. The quantitative estimate of drug-likeness (QED) is 0.619. The van der Waals surface area contributed by atoms with Crippen LogP contribution in [-0.2, 0) is 11.0 Å². The minimum Gasteiger partial charge on any atom is -0.470 e. The van der Waals surface area contributed by atoms with Crippen molar-refractivity contribution in [3.8, 4) is 17.1 Å². The van der Waals surface area contributed by atoms with E-state index in [2.05, 4.69) is 20.5 Å². The van der Waals surface area contributed by atoms with Crippen LogP contribution in [0, 0.1) is 6.92 Å².